The fraction of sp³-hybridized carbons (Fsp3) is 0.500. The summed E-state index contributed by atoms with van der Waals surface area (Å²) in [6, 6.07) is 8.11. The number of benzene rings is 1. The van der Waals surface area contributed by atoms with E-state index in [1.165, 1.54) is 3.57 Å². The molecule has 1 aliphatic rings. The van der Waals surface area contributed by atoms with Crippen LogP contribution < -0.4 is 5.73 Å². The molecule has 2 rings (SSSR count). The molecule has 1 amide bonds. The van der Waals surface area contributed by atoms with Crippen molar-refractivity contribution in [2.24, 2.45) is 11.1 Å². The van der Waals surface area contributed by atoms with Crippen LogP contribution in [0.25, 0.3) is 0 Å². The maximum absolute atomic E-state index is 12.2. The number of nitrogens with zero attached hydrogens (tertiary/aromatic N) is 1. The van der Waals surface area contributed by atoms with Crippen molar-refractivity contribution in [2.75, 3.05) is 19.6 Å². The first-order valence-corrected chi connectivity index (χ1v) is 7.33. The number of hydrogen-bond donors (Lipinski definition) is 1. The molecule has 1 saturated heterocycles. The smallest absolute Gasteiger partial charge is 0.227 e. The van der Waals surface area contributed by atoms with Crippen molar-refractivity contribution in [1.29, 1.82) is 0 Å². The van der Waals surface area contributed by atoms with E-state index in [4.69, 9.17) is 5.73 Å². The summed E-state index contributed by atoms with van der Waals surface area (Å²) in [6.45, 7) is 4.45. The zero-order valence-corrected chi connectivity index (χ0v) is 14.0. The van der Waals surface area contributed by atoms with E-state index in [1.54, 1.807) is 0 Å². The van der Waals surface area contributed by atoms with Gasteiger partial charge in [0.25, 0.3) is 0 Å². The number of hydrogen-bond acceptors (Lipinski definition) is 2. The van der Waals surface area contributed by atoms with E-state index in [9.17, 15) is 4.79 Å². The number of nitrogens with two attached hydrogens (primary N) is 1. The molecule has 0 spiro atoms. The molecule has 0 radical (unpaired) electrons. The lowest BCUT2D eigenvalue weighted by Crippen LogP contribution is -2.35. The molecular formula is C14H20ClIN2O. The van der Waals surface area contributed by atoms with Gasteiger partial charge in [0.15, 0.2) is 0 Å². The summed E-state index contributed by atoms with van der Waals surface area (Å²) in [4.78, 5) is 14.2. The lowest BCUT2D eigenvalue weighted by atomic mass is 9.90. The van der Waals surface area contributed by atoms with Gasteiger partial charge in [-0.2, -0.15) is 0 Å². The molecule has 1 fully saturated rings. The van der Waals surface area contributed by atoms with Gasteiger partial charge < -0.3 is 10.6 Å². The molecule has 19 heavy (non-hydrogen) atoms. The van der Waals surface area contributed by atoms with Crippen molar-refractivity contribution in [3.05, 3.63) is 33.4 Å². The van der Waals surface area contributed by atoms with Gasteiger partial charge in [0, 0.05) is 16.7 Å². The first-order valence-electron chi connectivity index (χ1n) is 6.25. The summed E-state index contributed by atoms with van der Waals surface area (Å²) in [6.07, 6.45) is 1.51. The summed E-state index contributed by atoms with van der Waals surface area (Å²) < 4.78 is 1.17. The minimum absolute atomic E-state index is 0. The van der Waals surface area contributed by atoms with Gasteiger partial charge in [0.1, 0.15) is 0 Å². The van der Waals surface area contributed by atoms with Crippen molar-refractivity contribution < 1.29 is 4.79 Å². The number of carbonyl (C=O) groups is 1. The quantitative estimate of drug-likeness (QED) is 0.801. The average Bonchev–Trinajstić information content (AvgIpc) is 2.73. The lowest BCUT2D eigenvalue weighted by molar-refractivity contribution is -0.129. The first-order chi connectivity index (χ1) is 8.52. The van der Waals surface area contributed by atoms with Crippen LogP contribution in [0.2, 0.25) is 0 Å². The average molecular weight is 395 g/mol. The minimum atomic E-state index is 0. The summed E-state index contributed by atoms with van der Waals surface area (Å²) in [5, 5.41) is 0. The SMILES string of the molecule is CC1(CN)CCN(C(=O)Cc2cccc(I)c2)C1.Cl. The maximum Gasteiger partial charge on any atom is 0.227 e. The van der Waals surface area contributed by atoms with Gasteiger partial charge in [0.05, 0.1) is 6.42 Å². The molecule has 1 heterocycles. The Bertz CT molecular complexity index is 455. The Morgan fingerprint density at radius 2 is 2.26 bits per heavy atom. The highest BCUT2D eigenvalue weighted by atomic mass is 127. The normalized spacial score (nSPS) is 22.2. The summed E-state index contributed by atoms with van der Waals surface area (Å²) in [5.41, 5.74) is 6.97. The highest BCUT2D eigenvalue weighted by Crippen LogP contribution is 2.28. The third-order valence-electron chi connectivity index (χ3n) is 3.65. The first kappa shape index (κ1) is 16.7. The molecule has 106 valence electrons. The van der Waals surface area contributed by atoms with Crippen LogP contribution in [0, 0.1) is 8.99 Å². The Hall–Kier alpha value is -0.330. The van der Waals surface area contributed by atoms with Gasteiger partial charge in [-0.3, -0.25) is 4.79 Å². The zero-order valence-electron chi connectivity index (χ0n) is 11.1. The summed E-state index contributed by atoms with van der Waals surface area (Å²) in [5.74, 6) is 0.217. The van der Waals surface area contributed by atoms with Crippen molar-refractivity contribution in [3.8, 4) is 0 Å². The number of halogens is 2. The van der Waals surface area contributed by atoms with Crippen molar-refractivity contribution in [3.63, 3.8) is 0 Å². The minimum Gasteiger partial charge on any atom is -0.342 e. The van der Waals surface area contributed by atoms with Gasteiger partial charge in [-0.05, 0) is 58.7 Å². The predicted octanol–water partition coefficient (Wildman–Crippen LogP) is 2.45. The van der Waals surface area contributed by atoms with Crippen LogP contribution in [0.3, 0.4) is 0 Å². The fourth-order valence-electron chi connectivity index (χ4n) is 2.34. The molecule has 2 N–H and O–H groups in total. The van der Waals surface area contributed by atoms with Gasteiger partial charge in [-0.1, -0.05) is 19.1 Å². The molecule has 1 atom stereocenters. The monoisotopic (exact) mass is 394 g/mol. The molecule has 1 aromatic carbocycles. The Labute approximate surface area is 134 Å². The zero-order chi connectivity index (χ0) is 13.2. The van der Waals surface area contributed by atoms with E-state index in [0.29, 0.717) is 13.0 Å². The number of amides is 1. The highest BCUT2D eigenvalue weighted by molar-refractivity contribution is 14.1. The van der Waals surface area contributed by atoms with E-state index in [1.807, 2.05) is 23.1 Å². The van der Waals surface area contributed by atoms with Gasteiger partial charge >= 0.3 is 0 Å². The maximum atomic E-state index is 12.2. The lowest BCUT2D eigenvalue weighted by Gasteiger charge is -2.22. The third-order valence-corrected chi connectivity index (χ3v) is 4.32. The van der Waals surface area contributed by atoms with Crippen LogP contribution in [0.15, 0.2) is 24.3 Å². The van der Waals surface area contributed by atoms with E-state index >= 15 is 0 Å². The van der Waals surface area contributed by atoms with E-state index in [0.717, 1.165) is 25.1 Å². The molecule has 0 saturated carbocycles. The number of likely N-dealkylation sites (tertiary alicyclic amines) is 1. The standard InChI is InChI=1S/C14H19IN2O.ClH/c1-14(9-16)5-6-17(10-14)13(18)8-11-3-2-4-12(15)7-11;/h2-4,7H,5-6,8-10,16H2,1H3;1H. The third kappa shape index (κ3) is 4.33. The molecule has 5 heteroatoms. The number of rotatable bonds is 3. The van der Waals surface area contributed by atoms with Crippen molar-refractivity contribution >= 4 is 40.9 Å². The van der Waals surface area contributed by atoms with Crippen LogP contribution in [-0.4, -0.2) is 30.4 Å². The van der Waals surface area contributed by atoms with Gasteiger partial charge in [0.2, 0.25) is 5.91 Å². The second kappa shape index (κ2) is 6.90. The molecule has 1 aliphatic heterocycles. The van der Waals surface area contributed by atoms with E-state index in [-0.39, 0.29) is 23.7 Å². The van der Waals surface area contributed by atoms with E-state index in [2.05, 4.69) is 35.6 Å². The molecule has 3 nitrogen and oxygen atoms in total. The van der Waals surface area contributed by atoms with Gasteiger partial charge in [-0.15, -0.1) is 12.4 Å². The summed E-state index contributed by atoms with van der Waals surface area (Å²) >= 11 is 2.27. The van der Waals surface area contributed by atoms with Crippen LogP contribution in [-0.2, 0) is 11.2 Å². The molecular weight excluding hydrogens is 375 g/mol. The Morgan fingerprint density at radius 1 is 1.53 bits per heavy atom. The second-order valence-electron chi connectivity index (χ2n) is 5.39. The Balaban J connectivity index is 0.00000180. The molecule has 0 bridgehead atoms. The Morgan fingerprint density at radius 3 is 2.84 bits per heavy atom. The van der Waals surface area contributed by atoms with Crippen LogP contribution in [0.5, 0.6) is 0 Å². The highest BCUT2D eigenvalue weighted by Gasteiger charge is 2.34. The van der Waals surface area contributed by atoms with Crippen LogP contribution >= 0.6 is 35.0 Å². The van der Waals surface area contributed by atoms with Crippen LogP contribution in [0.4, 0.5) is 0 Å². The van der Waals surface area contributed by atoms with Crippen LogP contribution in [0.1, 0.15) is 18.9 Å². The Kier molecular flexibility index (Phi) is 6.08. The van der Waals surface area contributed by atoms with Crippen molar-refractivity contribution in [2.45, 2.75) is 19.8 Å². The molecule has 1 unspecified atom stereocenters. The largest absolute Gasteiger partial charge is 0.342 e. The van der Waals surface area contributed by atoms with Crippen molar-refractivity contribution in [1.82, 2.24) is 4.90 Å². The fourth-order valence-corrected chi connectivity index (χ4v) is 2.94. The molecule has 0 aliphatic carbocycles. The molecule has 0 aromatic heterocycles. The predicted molar refractivity (Wildman–Crippen MR) is 88.5 cm³/mol. The second-order valence-corrected chi connectivity index (χ2v) is 6.63. The summed E-state index contributed by atoms with van der Waals surface area (Å²) in [7, 11) is 0. The van der Waals surface area contributed by atoms with Gasteiger partial charge in [-0.25, -0.2) is 0 Å². The number of carbonyl (C=O) groups excluding carboxylic acids is 1. The molecule has 1 aromatic rings. The van der Waals surface area contributed by atoms with E-state index < -0.39 is 0 Å². The topological polar surface area (TPSA) is 46.3 Å².